The molecule has 4 nitrogen and oxygen atoms in total. The summed E-state index contributed by atoms with van der Waals surface area (Å²) in [5.74, 6) is 0.823. The fourth-order valence-electron chi connectivity index (χ4n) is 1.56. The van der Waals surface area contributed by atoms with Gasteiger partial charge in [-0.15, -0.1) is 11.6 Å². The lowest BCUT2D eigenvalue weighted by atomic mass is 10.1. The van der Waals surface area contributed by atoms with E-state index in [-0.39, 0.29) is 11.9 Å². The lowest BCUT2D eigenvalue weighted by molar-refractivity contribution is 0.0928. The molecule has 0 aliphatic heterocycles. The van der Waals surface area contributed by atoms with Crippen molar-refractivity contribution < 1.29 is 4.79 Å². The van der Waals surface area contributed by atoms with E-state index in [0.717, 1.165) is 6.42 Å². The Bertz CT molecular complexity index is 349. The minimum absolute atomic E-state index is 0.0177. The molecular weight excluding hydrogens is 226 g/mol. The minimum Gasteiger partial charge on any atom is -0.347 e. The fraction of sp³-hybridized carbons (Fsp3) is 0.636. The van der Waals surface area contributed by atoms with Crippen LogP contribution in [0.2, 0.25) is 0 Å². The first-order valence-corrected chi connectivity index (χ1v) is 5.91. The zero-order chi connectivity index (χ0) is 12.1. The highest BCUT2D eigenvalue weighted by Gasteiger charge is 2.16. The number of aryl methyl sites for hydroxylation is 1. The number of carbonyl (C=O) groups excluding carboxylic acids is 1. The third-order valence-corrected chi connectivity index (χ3v) is 2.70. The highest BCUT2D eigenvalue weighted by Crippen LogP contribution is 2.07. The summed E-state index contributed by atoms with van der Waals surface area (Å²) in [6.45, 7) is 4.21. The quantitative estimate of drug-likeness (QED) is 0.802. The fourth-order valence-corrected chi connectivity index (χ4v) is 1.77. The number of amides is 1. The first-order chi connectivity index (χ1) is 7.54. The van der Waals surface area contributed by atoms with Crippen LogP contribution in [0.5, 0.6) is 0 Å². The number of carbonyl (C=O) groups is 1. The number of nitrogens with zero attached hydrogens (tertiary/aromatic N) is 2. The molecule has 1 aromatic rings. The Morgan fingerprint density at radius 3 is 2.75 bits per heavy atom. The second-order valence-electron chi connectivity index (χ2n) is 4.34. The van der Waals surface area contributed by atoms with E-state index in [4.69, 9.17) is 11.6 Å². The number of alkyl halides is 1. The Balaban J connectivity index is 2.59. The van der Waals surface area contributed by atoms with Crippen molar-refractivity contribution in [2.24, 2.45) is 13.0 Å². The maximum atomic E-state index is 11.8. The molecule has 0 aliphatic carbocycles. The van der Waals surface area contributed by atoms with Gasteiger partial charge in [0.2, 0.25) is 0 Å². The molecule has 0 aliphatic rings. The van der Waals surface area contributed by atoms with Crippen LogP contribution < -0.4 is 5.32 Å². The molecule has 1 aromatic heterocycles. The predicted molar refractivity (Wildman–Crippen MR) is 64.6 cm³/mol. The van der Waals surface area contributed by atoms with Gasteiger partial charge in [0.05, 0.1) is 12.5 Å². The van der Waals surface area contributed by atoms with Crippen molar-refractivity contribution in [1.82, 2.24) is 14.9 Å². The Kier molecular flexibility index (Phi) is 4.80. The SMILES string of the molecule is CC(C)CC(CCl)NC(=O)c1cncn1C. The predicted octanol–water partition coefficient (Wildman–Crippen LogP) is 1.80. The smallest absolute Gasteiger partial charge is 0.269 e. The average molecular weight is 244 g/mol. The van der Waals surface area contributed by atoms with Crippen LogP contribution in [0.3, 0.4) is 0 Å². The molecule has 90 valence electrons. The van der Waals surface area contributed by atoms with E-state index in [1.165, 1.54) is 0 Å². The van der Waals surface area contributed by atoms with E-state index in [1.807, 2.05) is 0 Å². The lowest BCUT2D eigenvalue weighted by Crippen LogP contribution is -2.37. The number of hydrogen-bond acceptors (Lipinski definition) is 2. The lowest BCUT2D eigenvalue weighted by Gasteiger charge is -2.17. The van der Waals surface area contributed by atoms with Crippen LogP contribution in [0.25, 0.3) is 0 Å². The molecule has 1 N–H and O–H groups in total. The third kappa shape index (κ3) is 3.52. The second-order valence-corrected chi connectivity index (χ2v) is 4.65. The summed E-state index contributed by atoms with van der Waals surface area (Å²) in [5.41, 5.74) is 0.555. The normalized spacial score (nSPS) is 12.8. The van der Waals surface area contributed by atoms with Crippen molar-refractivity contribution in [3.05, 3.63) is 18.2 Å². The summed E-state index contributed by atoms with van der Waals surface area (Å²) in [6.07, 6.45) is 4.04. The molecule has 5 heteroatoms. The topological polar surface area (TPSA) is 46.9 Å². The van der Waals surface area contributed by atoms with E-state index < -0.39 is 0 Å². The molecule has 1 rings (SSSR count). The monoisotopic (exact) mass is 243 g/mol. The number of nitrogens with one attached hydrogen (secondary N) is 1. The average Bonchev–Trinajstić information content (AvgIpc) is 2.62. The van der Waals surface area contributed by atoms with E-state index in [2.05, 4.69) is 24.1 Å². The van der Waals surface area contributed by atoms with Crippen molar-refractivity contribution in [1.29, 1.82) is 0 Å². The maximum Gasteiger partial charge on any atom is 0.269 e. The van der Waals surface area contributed by atoms with Crippen LogP contribution in [-0.2, 0) is 7.05 Å². The summed E-state index contributed by atoms with van der Waals surface area (Å²) in [7, 11) is 1.79. The highest BCUT2D eigenvalue weighted by atomic mass is 35.5. The Labute approximate surface area is 101 Å². The summed E-state index contributed by atoms with van der Waals surface area (Å²) in [6, 6.07) is 0.0177. The summed E-state index contributed by atoms with van der Waals surface area (Å²) in [5, 5.41) is 2.91. The van der Waals surface area contributed by atoms with E-state index in [0.29, 0.717) is 17.5 Å². The van der Waals surface area contributed by atoms with Gasteiger partial charge in [-0.3, -0.25) is 4.79 Å². The van der Waals surface area contributed by atoms with Gasteiger partial charge in [0.15, 0.2) is 0 Å². The van der Waals surface area contributed by atoms with Crippen LogP contribution in [0.4, 0.5) is 0 Å². The summed E-state index contributed by atoms with van der Waals surface area (Å²) in [4.78, 5) is 15.8. The molecule has 1 unspecified atom stereocenters. The number of halogens is 1. The largest absolute Gasteiger partial charge is 0.347 e. The number of hydrogen-bond donors (Lipinski definition) is 1. The van der Waals surface area contributed by atoms with Crippen LogP contribution >= 0.6 is 11.6 Å². The third-order valence-electron chi connectivity index (χ3n) is 2.33. The highest BCUT2D eigenvalue weighted by molar-refractivity contribution is 6.18. The molecule has 16 heavy (non-hydrogen) atoms. The zero-order valence-corrected chi connectivity index (χ0v) is 10.7. The molecule has 0 fully saturated rings. The van der Waals surface area contributed by atoms with Gasteiger partial charge in [-0.1, -0.05) is 13.8 Å². The first kappa shape index (κ1) is 13.0. The van der Waals surface area contributed by atoms with Crippen molar-refractivity contribution in [3.8, 4) is 0 Å². The van der Waals surface area contributed by atoms with Gasteiger partial charge in [0.1, 0.15) is 5.69 Å². The number of imidazole rings is 1. The van der Waals surface area contributed by atoms with Gasteiger partial charge in [-0.25, -0.2) is 4.98 Å². The van der Waals surface area contributed by atoms with Crippen molar-refractivity contribution in [2.75, 3.05) is 5.88 Å². The molecule has 1 heterocycles. The zero-order valence-electron chi connectivity index (χ0n) is 9.90. The molecule has 0 aromatic carbocycles. The molecule has 0 saturated carbocycles. The standard InChI is InChI=1S/C11H18ClN3O/c1-8(2)4-9(5-12)14-11(16)10-6-13-7-15(10)3/h6-9H,4-5H2,1-3H3,(H,14,16). The van der Waals surface area contributed by atoms with Crippen LogP contribution in [0, 0.1) is 5.92 Å². The summed E-state index contributed by atoms with van der Waals surface area (Å²) < 4.78 is 1.69. The second kappa shape index (κ2) is 5.89. The van der Waals surface area contributed by atoms with E-state index in [1.54, 1.807) is 24.1 Å². The van der Waals surface area contributed by atoms with Gasteiger partial charge < -0.3 is 9.88 Å². The van der Waals surface area contributed by atoms with Crippen molar-refractivity contribution >= 4 is 17.5 Å². The maximum absolute atomic E-state index is 11.8. The molecule has 0 spiro atoms. The molecule has 0 radical (unpaired) electrons. The molecule has 1 amide bonds. The molecule has 1 atom stereocenters. The van der Waals surface area contributed by atoms with Crippen molar-refractivity contribution in [3.63, 3.8) is 0 Å². The van der Waals surface area contributed by atoms with Crippen molar-refractivity contribution in [2.45, 2.75) is 26.3 Å². The van der Waals surface area contributed by atoms with Gasteiger partial charge in [0, 0.05) is 19.0 Å². The van der Waals surface area contributed by atoms with E-state index in [9.17, 15) is 4.79 Å². The summed E-state index contributed by atoms with van der Waals surface area (Å²) >= 11 is 5.82. The Morgan fingerprint density at radius 1 is 1.62 bits per heavy atom. The van der Waals surface area contributed by atoms with Crippen LogP contribution in [0.1, 0.15) is 30.8 Å². The van der Waals surface area contributed by atoms with E-state index >= 15 is 0 Å². The van der Waals surface area contributed by atoms with Crippen LogP contribution in [-0.4, -0.2) is 27.4 Å². The minimum atomic E-state index is -0.119. The molecular formula is C11H18ClN3O. The molecule has 0 bridgehead atoms. The number of aromatic nitrogens is 2. The van der Waals surface area contributed by atoms with Gasteiger partial charge in [-0.05, 0) is 12.3 Å². The Morgan fingerprint density at radius 2 is 2.31 bits per heavy atom. The van der Waals surface area contributed by atoms with Gasteiger partial charge in [0.25, 0.3) is 5.91 Å². The van der Waals surface area contributed by atoms with Gasteiger partial charge >= 0.3 is 0 Å². The first-order valence-electron chi connectivity index (χ1n) is 5.37. The van der Waals surface area contributed by atoms with Crippen LogP contribution in [0.15, 0.2) is 12.5 Å². The number of rotatable bonds is 5. The molecule has 0 saturated heterocycles. The Hall–Kier alpha value is -1.03. The van der Waals surface area contributed by atoms with Gasteiger partial charge in [-0.2, -0.15) is 0 Å².